The Kier molecular flexibility index (Phi) is 4.74. The van der Waals surface area contributed by atoms with Crippen LogP contribution in [0.1, 0.15) is 18.9 Å². The lowest BCUT2D eigenvalue weighted by Crippen LogP contribution is -2.10. The van der Waals surface area contributed by atoms with Crippen LogP contribution in [0.15, 0.2) is 53.7 Å². The molecule has 0 aliphatic rings. The van der Waals surface area contributed by atoms with Crippen LogP contribution in [-0.4, -0.2) is 19.2 Å². The number of rotatable bonds is 6. The minimum Gasteiger partial charge on any atom is -0.380 e. The lowest BCUT2D eigenvalue weighted by molar-refractivity contribution is 0.595. The predicted molar refractivity (Wildman–Crippen MR) is 80.3 cm³/mol. The molecule has 0 bridgehead atoms. The van der Waals surface area contributed by atoms with Crippen LogP contribution >= 0.6 is 0 Å². The summed E-state index contributed by atoms with van der Waals surface area (Å²) < 4.78 is 24.4. The van der Waals surface area contributed by atoms with Gasteiger partial charge in [0.05, 0.1) is 16.3 Å². The van der Waals surface area contributed by atoms with E-state index in [0.29, 0.717) is 23.5 Å². The minimum absolute atomic E-state index is 0.168. The van der Waals surface area contributed by atoms with Gasteiger partial charge in [0.15, 0.2) is 9.84 Å². The van der Waals surface area contributed by atoms with Gasteiger partial charge >= 0.3 is 0 Å². The predicted octanol–water partition coefficient (Wildman–Crippen LogP) is 2.88. The van der Waals surface area contributed by atoms with Crippen molar-refractivity contribution in [3.05, 3.63) is 54.4 Å². The van der Waals surface area contributed by atoms with Crippen LogP contribution in [0.4, 0.5) is 5.69 Å². The van der Waals surface area contributed by atoms with Crippen molar-refractivity contribution in [2.45, 2.75) is 24.8 Å². The molecule has 106 valence electrons. The van der Waals surface area contributed by atoms with Crippen LogP contribution in [0.3, 0.4) is 0 Å². The fourth-order valence-corrected chi connectivity index (χ4v) is 3.48. The Morgan fingerprint density at radius 1 is 1.10 bits per heavy atom. The zero-order valence-electron chi connectivity index (χ0n) is 11.4. The second-order valence-electron chi connectivity index (χ2n) is 4.52. The summed E-state index contributed by atoms with van der Waals surface area (Å²) >= 11 is 0. The molecule has 1 aromatic carbocycles. The molecule has 0 amide bonds. The molecule has 0 unspecified atom stereocenters. The first-order valence-corrected chi connectivity index (χ1v) is 8.23. The summed E-state index contributed by atoms with van der Waals surface area (Å²) in [6, 6.07) is 10.8. The second kappa shape index (κ2) is 6.52. The zero-order chi connectivity index (χ0) is 14.4. The van der Waals surface area contributed by atoms with Gasteiger partial charge in [-0.1, -0.05) is 19.1 Å². The third kappa shape index (κ3) is 3.57. The summed E-state index contributed by atoms with van der Waals surface area (Å²) in [6.07, 6.45) is 4.05. The van der Waals surface area contributed by atoms with Gasteiger partial charge in [-0.3, -0.25) is 4.98 Å². The maximum absolute atomic E-state index is 12.2. The average Bonchev–Trinajstić information content (AvgIpc) is 2.46. The van der Waals surface area contributed by atoms with Gasteiger partial charge in [-0.25, -0.2) is 8.42 Å². The van der Waals surface area contributed by atoms with E-state index in [0.717, 1.165) is 5.56 Å². The van der Waals surface area contributed by atoms with Crippen LogP contribution in [0.25, 0.3) is 0 Å². The molecule has 1 aromatic heterocycles. The van der Waals surface area contributed by atoms with E-state index in [1.807, 2.05) is 25.1 Å². The molecule has 0 saturated carbocycles. The normalized spacial score (nSPS) is 11.2. The van der Waals surface area contributed by atoms with E-state index in [-0.39, 0.29) is 5.75 Å². The minimum atomic E-state index is -3.22. The quantitative estimate of drug-likeness (QED) is 0.888. The Hall–Kier alpha value is -1.88. The number of anilines is 1. The smallest absolute Gasteiger partial charge is 0.180 e. The summed E-state index contributed by atoms with van der Waals surface area (Å²) in [4.78, 5) is 4.33. The summed E-state index contributed by atoms with van der Waals surface area (Å²) in [5, 5.41) is 3.19. The van der Waals surface area contributed by atoms with Crippen molar-refractivity contribution in [3.8, 4) is 0 Å². The topological polar surface area (TPSA) is 59.1 Å². The highest BCUT2D eigenvalue weighted by Crippen LogP contribution is 2.23. The van der Waals surface area contributed by atoms with Crippen LogP contribution in [-0.2, 0) is 16.4 Å². The van der Waals surface area contributed by atoms with Gasteiger partial charge in [0.25, 0.3) is 0 Å². The molecule has 2 rings (SSSR count). The van der Waals surface area contributed by atoms with Crippen molar-refractivity contribution in [2.75, 3.05) is 11.1 Å². The fraction of sp³-hybridized carbons (Fsp3) is 0.267. The van der Waals surface area contributed by atoms with E-state index in [9.17, 15) is 8.42 Å². The highest BCUT2D eigenvalue weighted by atomic mass is 32.2. The number of hydrogen-bond acceptors (Lipinski definition) is 4. The maximum Gasteiger partial charge on any atom is 0.180 e. The number of aromatic nitrogens is 1. The molecule has 0 aliphatic heterocycles. The molecular formula is C15H18N2O2S. The summed E-state index contributed by atoms with van der Waals surface area (Å²) in [5.74, 6) is 0.168. The van der Waals surface area contributed by atoms with Gasteiger partial charge < -0.3 is 5.32 Å². The number of benzene rings is 1. The standard InChI is InChI=1S/C15H18N2O2S/c1-2-11-20(18,19)15-6-4-3-5-14(15)17-12-13-7-9-16-10-8-13/h3-10,17H,2,11-12H2,1H3. The molecule has 1 heterocycles. The van der Waals surface area contributed by atoms with Crippen LogP contribution < -0.4 is 5.32 Å². The van der Waals surface area contributed by atoms with E-state index in [1.165, 1.54) is 0 Å². The van der Waals surface area contributed by atoms with E-state index in [2.05, 4.69) is 10.3 Å². The molecule has 1 N–H and O–H groups in total. The first kappa shape index (κ1) is 14.5. The third-order valence-electron chi connectivity index (χ3n) is 2.93. The molecule has 0 fully saturated rings. The molecule has 20 heavy (non-hydrogen) atoms. The Labute approximate surface area is 119 Å². The molecule has 0 spiro atoms. The molecule has 0 aliphatic carbocycles. The van der Waals surface area contributed by atoms with Crippen molar-refractivity contribution in [3.63, 3.8) is 0 Å². The molecular weight excluding hydrogens is 272 g/mol. The Bertz CT molecular complexity index is 655. The Morgan fingerprint density at radius 3 is 2.50 bits per heavy atom. The van der Waals surface area contributed by atoms with Crippen molar-refractivity contribution in [1.29, 1.82) is 0 Å². The van der Waals surface area contributed by atoms with E-state index in [4.69, 9.17) is 0 Å². The number of nitrogens with one attached hydrogen (secondary N) is 1. The zero-order valence-corrected chi connectivity index (χ0v) is 12.2. The number of para-hydroxylation sites is 1. The second-order valence-corrected chi connectivity index (χ2v) is 6.60. The van der Waals surface area contributed by atoms with Gasteiger partial charge in [0.2, 0.25) is 0 Å². The van der Waals surface area contributed by atoms with E-state index >= 15 is 0 Å². The molecule has 2 aromatic rings. The van der Waals surface area contributed by atoms with Gasteiger partial charge in [0, 0.05) is 18.9 Å². The average molecular weight is 290 g/mol. The highest BCUT2D eigenvalue weighted by Gasteiger charge is 2.16. The van der Waals surface area contributed by atoms with Crippen molar-refractivity contribution in [1.82, 2.24) is 4.98 Å². The molecule has 0 saturated heterocycles. The number of sulfone groups is 1. The van der Waals surface area contributed by atoms with Crippen molar-refractivity contribution < 1.29 is 8.42 Å². The van der Waals surface area contributed by atoms with E-state index in [1.54, 1.807) is 30.6 Å². The first-order chi connectivity index (χ1) is 9.63. The van der Waals surface area contributed by atoms with Gasteiger partial charge in [0.1, 0.15) is 0 Å². The van der Waals surface area contributed by atoms with E-state index < -0.39 is 9.84 Å². The van der Waals surface area contributed by atoms with Gasteiger partial charge in [-0.05, 0) is 36.2 Å². The van der Waals surface area contributed by atoms with Crippen LogP contribution in [0.5, 0.6) is 0 Å². The summed E-state index contributed by atoms with van der Waals surface area (Å²) in [5.41, 5.74) is 1.71. The number of pyridine rings is 1. The summed E-state index contributed by atoms with van der Waals surface area (Å²) in [6.45, 7) is 2.44. The van der Waals surface area contributed by atoms with Gasteiger partial charge in [-0.15, -0.1) is 0 Å². The SMILES string of the molecule is CCCS(=O)(=O)c1ccccc1NCc1ccncc1. The number of nitrogens with zero attached hydrogens (tertiary/aromatic N) is 1. The van der Waals surface area contributed by atoms with Crippen molar-refractivity contribution in [2.24, 2.45) is 0 Å². The lowest BCUT2D eigenvalue weighted by Gasteiger charge is -2.12. The Morgan fingerprint density at radius 2 is 1.80 bits per heavy atom. The van der Waals surface area contributed by atoms with Crippen LogP contribution in [0.2, 0.25) is 0 Å². The fourth-order valence-electron chi connectivity index (χ4n) is 1.96. The molecule has 0 radical (unpaired) electrons. The molecule has 4 nitrogen and oxygen atoms in total. The lowest BCUT2D eigenvalue weighted by atomic mass is 10.2. The first-order valence-electron chi connectivity index (χ1n) is 6.58. The Balaban J connectivity index is 2.21. The molecule has 5 heteroatoms. The maximum atomic E-state index is 12.2. The summed E-state index contributed by atoms with van der Waals surface area (Å²) in [7, 11) is -3.22. The monoisotopic (exact) mass is 290 g/mol. The number of hydrogen-bond donors (Lipinski definition) is 1. The molecule has 0 atom stereocenters. The highest BCUT2D eigenvalue weighted by molar-refractivity contribution is 7.91. The van der Waals surface area contributed by atoms with Crippen LogP contribution in [0, 0.1) is 0 Å². The van der Waals surface area contributed by atoms with Gasteiger partial charge in [-0.2, -0.15) is 0 Å². The largest absolute Gasteiger partial charge is 0.380 e. The third-order valence-corrected chi connectivity index (χ3v) is 4.90. The van der Waals surface area contributed by atoms with Crippen molar-refractivity contribution >= 4 is 15.5 Å².